The van der Waals surface area contributed by atoms with Crippen LogP contribution in [0.5, 0.6) is 0 Å². The highest BCUT2D eigenvalue weighted by Crippen LogP contribution is 2.33. The second kappa shape index (κ2) is 8.21. The third-order valence-corrected chi connectivity index (χ3v) is 7.43. The minimum absolute atomic E-state index is 0.128. The summed E-state index contributed by atoms with van der Waals surface area (Å²) in [5.41, 5.74) is 2.32. The minimum Gasteiger partial charge on any atom is -0.367 e. The molecule has 32 heavy (non-hydrogen) atoms. The zero-order chi connectivity index (χ0) is 22.1. The largest absolute Gasteiger partial charge is 0.367 e. The molecule has 0 radical (unpaired) electrons. The first kappa shape index (κ1) is 20.4. The van der Waals surface area contributed by atoms with Crippen molar-refractivity contribution in [2.24, 2.45) is 0 Å². The average Bonchev–Trinajstić information content (AvgIpc) is 3.11. The number of fused-ring (bicyclic) bond motifs is 1. The van der Waals surface area contributed by atoms with E-state index in [0.29, 0.717) is 11.3 Å². The summed E-state index contributed by atoms with van der Waals surface area (Å²) < 4.78 is 27.1. The molecule has 2 N–H and O–H groups in total. The highest BCUT2D eigenvalue weighted by Gasteiger charge is 2.35. The molecule has 0 unspecified atom stereocenters. The lowest BCUT2D eigenvalue weighted by Crippen LogP contribution is -2.43. The van der Waals surface area contributed by atoms with Gasteiger partial charge in [-0.2, -0.15) is 0 Å². The molecule has 1 fully saturated rings. The number of nitrogens with one attached hydrogen (secondary N) is 2. The number of nitrogens with zero attached hydrogens (tertiary/aromatic N) is 4. The van der Waals surface area contributed by atoms with Gasteiger partial charge in [0.1, 0.15) is 11.5 Å². The van der Waals surface area contributed by atoms with Gasteiger partial charge >= 0.3 is 0 Å². The second-order valence-electron chi connectivity index (χ2n) is 7.58. The number of carbonyl (C=O) groups is 1. The smallest absolute Gasteiger partial charge is 0.274 e. The standard InChI is InChI=1S/C22H22N6O3S/c29-22(26-18-14-24-9-8-19(18)27-12-10-23-11-13-27)17-5-3-7-21(25-17)28-15-16-4-1-2-6-20(16)32(28,30)31/h1-9,14,23H,10-13,15H2,(H,26,29). The predicted molar refractivity (Wildman–Crippen MR) is 121 cm³/mol. The van der Waals surface area contributed by atoms with E-state index in [-0.39, 0.29) is 23.0 Å². The fraction of sp³-hybridized carbons (Fsp3) is 0.227. The molecule has 3 aromatic rings. The van der Waals surface area contributed by atoms with E-state index < -0.39 is 15.9 Å². The Hall–Kier alpha value is -3.50. The van der Waals surface area contributed by atoms with Gasteiger partial charge in [0.05, 0.1) is 29.0 Å². The summed E-state index contributed by atoms with van der Waals surface area (Å²) in [6.07, 6.45) is 3.31. The maximum Gasteiger partial charge on any atom is 0.274 e. The molecule has 2 aliphatic heterocycles. The SMILES string of the molecule is O=C(Nc1cnccc1N1CCNCC1)c1cccc(N2Cc3ccccc3S2(=O)=O)n1. The Morgan fingerprint density at radius 1 is 1.03 bits per heavy atom. The van der Waals surface area contributed by atoms with Crippen molar-refractivity contribution < 1.29 is 13.2 Å². The van der Waals surface area contributed by atoms with Gasteiger partial charge in [-0.1, -0.05) is 24.3 Å². The number of anilines is 3. The van der Waals surface area contributed by atoms with Crippen LogP contribution < -0.4 is 19.8 Å². The quantitative estimate of drug-likeness (QED) is 0.625. The number of piperazine rings is 1. The second-order valence-corrected chi connectivity index (χ2v) is 9.42. The van der Waals surface area contributed by atoms with Crippen LogP contribution >= 0.6 is 0 Å². The summed E-state index contributed by atoms with van der Waals surface area (Å²) in [5.74, 6) is -0.215. The normalized spacial score (nSPS) is 17.1. The maximum atomic E-state index is 13.0. The van der Waals surface area contributed by atoms with Crippen molar-refractivity contribution in [3.8, 4) is 0 Å². The van der Waals surface area contributed by atoms with E-state index in [1.54, 1.807) is 54.9 Å². The van der Waals surface area contributed by atoms with Gasteiger partial charge in [0, 0.05) is 32.4 Å². The van der Waals surface area contributed by atoms with Crippen LogP contribution in [0.25, 0.3) is 0 Å². The van der Waals surface area contributed by atoms with E-state index in [2.05, 4.69) is 25.5 Å². The van der Waals surface area contributed by atoms with E-state index in [0.717, 1.165) is 31.9 Å². The lowest BCUT2D eigenvalue weighted by Gasteiger charge is -2.30. The van der Waals surface area contributed by atoms with Crippen molar-refractivity contribution in [3.05, 3.63) is 72.2 Å². The molecule has 2 aromatic heterocycles. The first-order valence-electron chi connectivity index (χ1n) is 10.3. The van der Waals surface area contributed by atoms with Crippen LogP contribution in [0.2, 0.25) is 0 Å². The number of aromatic nitrogens is 2. The fourth-order valence-electron chi connectivity index (χ4n) is 3.99. The molecule has 5 rings (SSSR count). The van der Waals surface area contributed by atoms with Gasteiger partial charge in [-0.05, 0) is 29.8 Å². The average molecular weight is 451 g/mol. The van der Waals surface area contributed by atoms with Crippen LogP contribution in [0.1, 0.15) is 16.1 Å². The van der Waals surface area contributed by atoms with Gasteiger partial charge in [0.15, 0.2) is 0 Å². The first-order chi connectivity index (χ1) is 15.5. The summed E-state index contributed by atoms with van der Waals surface area (Å²) in [6, 6.07) is 13.5. The Balaban J connectivity index is 1.40. The fourth-order valence-corrected chi connectivity index (χ4v) is 5.60. The van der Waals surface area contributed by atoms with Gasteiger partial charge in [-0.3, -0.25) is 9.78 Å². The molecule has 2 aliphatic rings. The van der Waals surface area contributed by atoms with Crippen LogP contribution in [0.3, 0.4) is 0 Å². The van der Waals surface area contributed by atoms with Gasteiger partial charge in [-0.15, -0.1) is 0 Å². The summed E-state index contributed by atoms with van der Waals surface area (Å²) >= 11 is 0. The van der Waals surface area contributed by atoms with Crippen LogP contribution in [-0.4, -0.2) is 50.5 Å². The molecular formula is C22H22N6O3S. The molecule has 4 heterocycles. The number of amides is 1. The first-order valence-corrected chi connectivity index (χ1v) is 11.8. The Bertz CT molecular complexity index is 1270. The number of hydrogen-bond donors (Lipinski definition) is 2. The monoisotopic (exact) mass is 450 g/mol. The Morgan fingerprint density at radius 3 is 2.66 bits per heavy atom. The molecular weight excluding hydrogens is 428 g/mol. The van der Waals surface area contributed by atoms with E-state index in [4.69, 9.17) is 0 Å². The molecule has 9 nitrogen and oxygen atoms in total. The molecule has 0 spiro atoms. The minimum atomic E-state index is -3.71. The third kappa shape index (κ3) is 3.67. The maximum absolute atomic E-state index is 13.0. The van der Waals surface area contributed by atoms with Gasteiger partial charge in [0.25, 0.3) is 15.9 Å². The Kier molecular flexibility index (Phi) is 5.24. The van der Waals surface area contributed by atoms with Crippen LogP contribution in [-0.2, 0) is 16.6 Å². The molecule has 1 saturated heterocycles. The summed E-state index contributed by atoms with van der Waals surface area (Å²) in [5, 5.41) is 6.19. The molecule has 0 atom stereocenters. The van der Waals surface area contributed by atoms with E-state index in [1.165, 1.54) is 4.31 Å². The molecule has 0 bridgehead atoms. The van der Waals surface area contributed by atoms with E-state index in [1.807, 2.05) is 6.07 Å². The molecule has 1 amide bonds. The van der Waals surface area contributed by atoms with Crippen molar-refractivity contribution in [2.45, 2.75) is 11.4 Å². The van der Waals surface area contributed by atoms with Crippen molar-refractivity contribution in [3.63, 3.8) is 0 Å². The number of hydrogen-bond acceptors (Lipinski definition) is 7. The summed E-state index contributed by atoms with van der Waals surface area (Å²) in [4.78, 5) is 24.0. The van der Waals surface area contributed by atoms with Crippen LogP contribution in [0, 0.1) is 0 Å². The highest BCUT2D eigenvalue weighted by atomic mass is 32.2. The van der Waals surface area contributed by atoms with Crippen molar-refractivity contribution in [2.75, 3.05) is 40.7 Å². The van der Waals surface area contributed by atoms with Crippen molar-refractivity contribution >= 4 is 33.1 Å². The lowest BCUT2D eigenvalue weighted by molar-refractivity contribution is 0.102. The van der Waals surface area contributed by atoms with Gasteiger partial charge in [0.2, 0.25) is 0 Å². The van der Waals surface area contributed by atoms with E-state index in [9.17, 15) is 13.2 Å². The van der Waals surface area contributed by atoms with Gasteiger partial charge < -0.3 is 15.5 Å². The van der Waals surface area contributed by atoms with Crippen molar-refractivity contribution in [1.82, 2.24) is 15.3 Å². The highest BCUT2D eigenvalue weighted by molar-refractivity contribution is 7.93. The molecule has 0 aliphatic carbocycles. The molecule has 1 aromatic carbocycles. The lowest BCUT2D eigenvalue weighted by atomic mass is 10.2. The zero-order valence-corrected chi connectivity index (χ0v) is 18.0. The number of carbonyl (C=O) groups excluding carboxylic acids is 1. The summed E-state index contributed by atoms with van der Waals surface area (Å²) in [6.45, 7) is 3.58. The summed E-state index contributed by atoms with van der Waals surface area (Å²) in [7, 11) is -3.71. The zero-order valence-electron chi connectivity index (χ0n) is 17.2. The number of benzene rings is 1. The number of rotatable bonds is 4. The third-order valence-electron chi connectivity index (χ3n) is 5.58. The molecule has 164 valence electrons. The molecule has 10 heteroatoms. The van der Waals surface area contributed by atoms with Crippen LogP contribution in [0.15, 0.2) is 65.8 Å². The Morgan fingerprint density at radius 2 is 1.84 bits per heavy atom. The molecule has 0 saturated carbocycles. The number of pyridine rings is 2. The number of sulfonamides is 1. The Labute approximate surface area is 186 Å². The van der Waals surface area contributed by atoms with Gasteiger partial charge in [-0.25, -0.2) is 17.7 Å². The topological polar surface area (TPSA) is 108 Å². The van der Waals surface area contributed by atoms with Crippen LogP contribution in [0.4, 0.5) is 17.2 Å². The predicted octanol–water partition coefficient (Wildman–Crippen LogP) is 1.85. The van der Waals surface area contributed by atoms with E-state index >= 15 is 0 Å². The van der Waals surface area contributed by atoms with Crippen molar-refractivity contribution in [1.29, 1.82) is 0 Å².